The zero-order valence-corrected chi connectivity index (χ0v) is 10.6. The van der Waals surface area contributed by atoms with Gasteiger partial charge in [0.2, 0.25) is 0 Å². The second-order valence-corrected chi connectivity index (χ2v) is 5.14. The zero-order chi connectivity index (χ0) is 13.3. The Kier molecular flexibility index (Phi) is 3.11. The molecule has 1 N–H and O–H groups in total. The first kappa shape index (κ1) is 12.6. The van der Waals surface area contributed by atoms with E-state index in [0.29, 0.717) is 18.5 Å². The van der Waals surface area contributed by atoms with E-state index in [1.807, 2.05) is 12.1 Å². The number of hydrogen-bond acceptors (Lipinski definition) is 3. The van der Waals surface area contributed by atoms with Gasteiger partial charge in [-0.1, -0.05) is 0 Å². The molecule has 1 aliphatic heterocycles. The molecule has 0 saturated carbocycles. The topological polar surface area (TPSA) is 57.6 Å². The summed E-state index contributed by atoms with van der Waals surface area (Å²) < 4.78 is 0. The number of carbonyl (C=O) groups is 2. The Labute approximate surface area is 106 Å². The summed E-state index contributed by atoms with van der Waals surface area (Å²) in [6.07, 6.45) is 0.650. The highest BCUT2D eigenvalue weighted by molar-refractivity contribution is 5.94. The van der Waals surface area contributed by atoms with Crippen molar-refractivity contribution in [3.8, 4) is 0 Å². The van der Waals surface area contributed by atoms with Crippen LogP contribution in [0, 0.1) is 5.41 Å². The lowest BCUT2D eigenvalue weighted by atomic mass is 9.90. The highest BCUT2D eigenvalue weighted by atomic mass is 16.4. The fourth-order valence-corrected chi connectivity index (χ4v) is 2.26. The van der Waals surface area contributed by atoms with Gasteiger partial charge in [0, 0.05) is 24.3 Å². The number of carboxylic acids is 1. The van der Waals surface area contributed by atoms with Gasteiger partial charge in [0.05, 0.1) is 5.41 Å². The van der Waals surface area contributed by atoms with Crippen molar-refractivity contribution in [3.63, 3.8) is 0 Å². The predicted octanol–water partition coefficient (Wildman–Crippen LogP) is 2.19. The molecule has 1 fully saturated rings. The van der Waals surface area contributed by atoms with Crippen LogP contribution in [0.15, 0.2) is 24.3 Å². The number of rotatable bonds is 3. The van der Waals surface area contributed by atoms with E-state index in [2.05, 4.69) is 4.90 Å². The molecule has 1 heterocycles. The predicted molar refractivity (Wildman–Crippen MR) is 69.0 cm³/mol. The first-order valence-electron chi connectivity index (χ1n) is 6.02. The second kappa shape index (κ2) is 4.44. The molecule has 0 radical (unpaired) electrons. The molecule has 4 nitrogen and oxygen atoms in total. The summed E-state index contributed by atoms with van der Waals surface area (Å²) in [4.78, 5) is 24.4. The van der Waals surface area contributed by atoms with E-state index >= 15 is 0 Å². The lowest BCUT2D eigenvalue weighted by molar-refractivity contribution is -0.146. The Morgan fingerprint density at radius 3 is 2.33 bits per heavy atom. The van der Waals surface area contributed by atoms with Gasteiger partial charge in [0.1, 0.15) is 0 Å². The van der Waals surface area contributed by atoms with Crippen LogP contribution in [0.4, 0.5) is 5.69 Å². The Hall–Kier alpha value is -1.84. The molecule has 1 atom stereocenters. The SMILES string of the molecule is CC(=O)c1ccc(N2CCC(C)(C(=O)O)C2)cc1. The number of carbonyl (C=O) groups excluding carboxylic acids is 1. The molecule has 0 aromatic heterocycles. The summed E-state index contributed by atoms with van der Waals surface area (Å²) in [5.41, 5.74) is 0.989. The first-order valence-corrected chi connectivity index (χ1v) is 6.02. The van der Waals surface area contributed by atoms with E-state index < -0.39 is 11.4 Å². The van der Waals surface area contributed by atoms with Crippen LogP contribution in [0.1, 0.15) is 30.6 Å². The molecular formula is C14H17NO3. The van der Waals surface area contributed by atoms with Gasteiger partial charge < -0.3 is 10.0 Å². The van der Waals surface area contributed by atoms with Crippen LogP contribution in [0.2, 0.25) is 0 Å². The molecular weight excluding hydrogens is 230 g/mol. The quantitative estimate of drug-likeness (QED) is 0.832. The molecule has 2 rings (SSSR count). The average molecular weight is 247 g/mol. The van der Waals surface area contributed by atoms with Gasteiger partial charge in [-0.05, 0) is 44.5 Å². The van der Waals surface area contributed by atoms with E-state index in [0.717, 1.165) is 12.2 Å². The monoisotopic (exact) mass is 247 g/mol. The van der Waals surface area contributed by atoms with E-state index in [1.54, 1.807) is 19.1 Å². The van der Waals surface area contributed by atoms with Gasteiger partial charge in [0.25, 0.3) is 0 Å². The molecule has 18 heavy (non-hydrogen) atoms. The normalized spacial score (nSPS) is 23.1. The zero-order valence-electron chi connectivity index (χ0n) is 10.6. The average Bonchev–Trinajstić information content (AvgIpc) is 2.73. The second-order valence-electron chi connectivity index (χ2n) is 5.14. The summed E-state index contributed by atoms with van der Waals surface area (Å²) in [5.74, 6) is -0.705. The third kappa shape index (κ3) is 2.23. The van der Waals surface area contributed by atoms with Crippen LogP contribution in [-0.2, 0) is 4.79 Å². The van der Waals surface area contributed by atoms with Crippen molar-refractivity contribution >= 4 is 17.4 Å². The molecule has 0 aliphatic carbocycles. The van der Waals surface area contributed by atoms with Crippen molar-refractivity contribution in [1.82, 2.24) is 0 Å². The van der Waals surface area contributed by atoms with Crippen molar-refractivity contribution in [3.05, 3.63) is 29.8 Å². The van der Waals surface area contributed by atoms with Gasteiger partial charge in [-0.15, -0.1) is 0 Å². The lowest BCUT2D eigenvalue weighted by Gasteiger charge is -2.21. The summed E-state index contributed by atoms with van der Waals surface area (Å²) in [7, 11) is 0. The third-order valence-electron chi connectivity index (χ3n) is 3.63. The Balaban J connectivity index is 2.15. The largest absolute Gasteiger partial charge is 0.481 e. The van der Waals surface area contributed by atoms with Crippen molar-refractivity contribution < 1.29 is 14.7 Å². The molecule has 1 aliphatic rings. The standard InChI is InChI=1S/C14H17NO3/c1-10(16)11-3-5-12(6-4-11)15-8-7-14(2,9-15)13(17)18/h3-6H,7-9H2,1-2H3,(H,17,18). The van der Waals surface area contributed by atoms with Crippen molar-refractivity contribution in [2.75, 3.05) is 18.0 Å². The summed E-state index contributed by atoms with van der Waals surface area (Å²) >= 11 is 0. The molecule has 1 saturated heterocycles. The molecule has 0 spiro atoms. The number of nitrogens with zero attached hydrogens (tertiary/aromatic N) is 1. The molecule has 96 valence electrons. The maximum Gasteiger partial charge on any atom is 0.311 e. The third-order valence-corrected chi connectivity index (χ3v) is 3.63. The lowest BCUT2D eigenvalue weighted by Crippen LogP contribution is -2.31. The van der Waals surface area contributed by atoms with Gasteiger partial charge >= 0.3 is 5.97 Å². The maximum absolute atomic E-state index is 11.2. The number of benzene rings is 1. The minimum absolute atomic E-state index is 0.0401. The van der Waals surface area contributed by atoms with Gasteiger partial charge in [-0.2, -0.15) is 0 Å². The highest BCUT2D eigenvalue weighted by Crippen LogP contribution is 2.33. The molecule has 4 heteroatoms. The Bertz CT molecular complexity index is 480. The number of Topliss-reactive ketones (excluding diaryl/α,β-unsaturated/α-hetero) is 1. The van der Waals surface area contributed by atoms with E-state index in [9.17, 15) is 14.7 Å². The van der Waals surface area contributed by atoms with Gasteiger partial charge in [-0.25, -0.2) is 0 Å². The van der Waals surface area contributed by atoms with Crippen LogP contribution in [0.5, 0.6) is 0 Å². The summed E-state index contributed by atoms with van der Waals surface area (Å²) in [6, 6.07) is 7.33. The molecule has 1 aromatic rings. The number of hydrogen-bond donors (Lipinski definition) is 1. The van der Waals surface area contributed by atoms with Gasteiger partial charge in [-0.3, -0.25) is 9.59 Å². The number of aliphatic carboxylic acids is 1. The highest BCUT2D eigenvalue weighted by Gasteiger charge is 2.40. The summed E-state index contributed by atoms with van der Waals surface area (Å²) in [5, 5.41) is 9.18. The van der Waals surface area contributed by atoms with Crippen LogP contribution >= 0.6 is 0 Å². The summed E-state index contributed by atoms with van der Waals surface area (Å²) in [6.45, 7) is 4.57. The Morgan fingerprint density at radius 2 is 1.89 bits per heavy atom. The van der Waals surface area contributed by atoms with E-state index in [1.165, 1.54) is 6.92 Å². The first-order chi connectivity index (χ1) is 8.42. The maximum atomic E-state index is 11.2. The van der Waals surface area contributed by atoms with Gasteiger partial charge in [0.15, 0.2) is 5.78 Å². The van der Waals surface area contributed by atoms with Crippen molar-refractivity contribution in [2.45, 2.75) is 20.3 Å². The smallest absolute Gasteiger partial charge is 0.311 e. The van der Waals surface area contributed by atoms with Crippen molar-refractivity contribution in [2.24, 2.45) is 5.41 Å². The van der Waals surface area contributed by atoms with E-state index in [-0.39, 0.29) is 5.78 Å². The van der Waals surface area contributed by atoms with Crippen molar-refractivity contribution in [1.29, 1.82) is 0 Å². The van der Waals surface area contributed by atoms with Crippen LogP contribution in [0.25, 0.3) is 0 Å². The molecule has 0 bridgehead atoms. The number of ketones is 1. The van der Waals surface area contributed by atoms with Crippen LogP contribution in [-0.4, -0.2) is 29.9 Å². The fraction of sp³-hybridized carbons (Fsp3) is 0.429. The fourth-order valence-electron chi connectivity index (χ4n) is 2.26. The van der Waals surface area contributed by atoms with E-state index in [4.69, 9.17) is 0 Å². The molecule has 1 unspecified atom stereocenters. The molecule has 1 aromatic carbocycles. The Morgan fingerprint density at radius 1 is 1.28 bits per heavy atom. The van der Waals surface area contributed by atoms with Crippen LogP contribution < -0.4 is 4.90 Å². The molecule has 0 amide bonds. The number of anilines is 1. The minimum Gasteiger partial charge on any atom is -0.481 e. The number of carboxylic acid groups (broad SMARTS) is 1. The minimum atomic E-state index is -0.745. The van der Waals surface area contributed by atoms with Crippen LogP contribution in [0.3, 0.4) is 0 Å².